The van der Waals surface area contributed by atoms with E-state index in [0.717, 1.165) is 5.56 Å². The molecule has 0 aliphatic carbocycles. The highest BCUT2D eigenvalue weighted by Gasteiger charge is 2.22. The van der Waals surface area contributed by atoms with Gasteiger partial charge in [0.2, 0.25) is 15.9 Å². The molecule has 0 aliphatic heterocycles. The molecule has 7 heteroatoms. The first kappa shape index (κ1) is 16.5. The third kappa shape index (κ3) is 4.21. The van der Waals surface area contributed by atoms with Gasteiger partial charge in [0.25, 0.3) is 0 Å². The van der Waals surface area contributed by atoms with Crippen LogP contribution in [0.3, 0.4) is 0 Å². The number of nitrogens with one attached hydrogen (secondary N) is 1. The van der Waals surface area contributed by atoms with E-state index >= 15 is 0 Å². The zero-order chi connectivity index (χ0) is 15.3. The third-order valence-corrected chi connectivity index (χ3v) is 4.88. The minimum absolute atomic E-state index is 0.351. The van der Waals surface area contributed by atoms with Crippen molar-refractivity contribution in [3.63, 3.8) is 0 Å². The fourth-order valence-electron chi connectivity index (χ4n) is 1.83. The van der Waals surface area contributed by atoms with E-state index < -0.39 is 21.7 Å². The molecule has 20 heavy (non-hydrogen) atoms. The van der Waals surface area contributed by atoms with E-state index in [0.29, 0.717) is 24.5 Å². The second kappa shape index (κ2) is 6.71. The molecule has 0 heterocycles. The molecule has 0 atom stereocenters. The van der Waals surface area contributed by atoms with Gasteiger partial charge in [0, 0.05) is 24.5 Å². The number of carbonyl (C=O) groups excluding carboxylic acids is 1. The van der Waals surface area contributed by atoms with Gasteiger partial charge in [-0.2, -0.15) is 0 Å². The number of rotatable bonds is 6. The molecule has 1 rings (SSSR count). The zero-order valence-corrected chi connectivity index (χ0v) is 12.8. The van der Waals surface area contributed by atoms with Crippen molar-refractivity contribution < 1.29 is 13.2 Å². The van der Waals surface area contributed by atoms with Gasteiger partial charge in [-0.1, -0.05) is 19.9 Å². The van der Waals surface area contributed by atoms with Crippen LogP contribution in [-0.4, -0.2) is 37.5 Å². The number of hydrogen-bond acceptors (Lipinski definition) is 4. The van der Waals surface area contributed by atoms with Crippen molar-refractivity contribution in [1.82, 2.24) is 4.31 Å². The summed E-state index contributed by atoms with van der Waals surface area (Å²) in [4.78, 5) is 11.9. The maximum absolute atomic E-state index is 12.0. The minimum atomic E-state index is -3.57. The number of anilines is 2. The molecule has 0 radical (unpaired) electrons. The second-order valence-electron chi connectivity index (χ2n) is 4.46. The van der Waals surface area contributed by atoms with E-state index in [1.807, 2.05) is 6.92 Å². The molecule has 0 spiro atoms. The van der Waals surface area contributed by atoms with Gasteiger partial charge >= 0.3 is 0 Å². The molecule has 1 aromatic carbocycles. The fraction of sp³-hybridized carbons (Fsp3) is 0.462. The Morgan fingerprint density at radius 2 is 1.90 bits per heavy atom. The van der Waals surface area contributed by atoms with Gasteiger partial charge in [-0.3, -0.25) is 4.79 Å². The summed E-state index contributed by atoms with van der Waals surface area (Å²) in [6.07, 6.45) is 0. The molecule has 1 aromatic rings. The molecule has 0 bridgehead atoms. The second-order valence-corrected chi connectivity index (χ2v) is 6.43. The molecule has 0 aliphatic rings. The smallest absolute Gasteiger partial charge is 0.241 e. The average molecular weight is 299 g/mol. The van der Waals surface area contributed by atoms with E-state index in [9.17, 15) is 13.2 Å². The summed E-state index contributed by atoms with van der Waals surface area (Å²) >= 11 is 0. The van der Waals surface area contributed by atoms with Gasteiger partial charge in [0.05, 0.1) is 0 Å². The first-order chi connectivity index (χ1) is 9.30. The molecule has 0 unspecified atom stereocenters. The van der Waals surface area contributed by atoms with Crippen molar-refractivity contribution in [2.45, 2.75) is 20.8 Å². The van der Waals surface area contributed by atoms with E-state index in [1.165, 1.54) is 4.31 Å². The van der Waals surface area contributed by atoms with E-state index in [2.05, 4.69) is 5.32 Å². The lowest BCUT2D eigenvalue weighted by atomic mass is 10.2. The van der Waals surface area contributed by atoms with Crippen LogP contribution in [0.1, 0.15) is 19.4 Å². The fourth-order valence-corrected chi connectivity index (χ4v) is 3.21. The highest BCUT2D eigenvalue weighted by atomic mass is 32.2. The predicted molar refractivity (Wildman–Crippen MR) is 80.9 cm³/mol. The van der Waals surface area contributed by atoms with Gasteiger partial charge in [0.1, 0.15) is 5.75 Å². The molecule has 0 fully saturated rings. The van der Waals surface area contributed by atoms with Crippen molar-refractivity contribution in [1.29, 1.82) is 0 Å². The molecular weight excluding hydrogens is 278 g/mol. The number of hydrogen-bond donors (Lipinski definition) is 2. The van der Waals surface area contributed by atoms with Gasteiger partial charge in [-0.05, 0) is 24.6 Å². The Kier molecular flexibility index (Phi) is 5.52. The van der Waals surface area contributed by atoms with Gasteiger partial charge in [0.15, 0.2) is 0 Å². The Hall–Kier alpha value is -1.60. The highest BCUT2D eigenvalue weighted by molar-refractivity contribution is 7.89. The molecule has 0 aromatic heterocycles. The van der Waals surface area contributed by atoms with Crippen LogP contribution in [0.4, 0.5) is 11.4 Å². The largest absolute Gasteiger partial charge is 0.399 e. The lowest BCUT2D eigenvalue weighted by Gasteiger charge is -2.18. The van der Waals surface area contributed by atoms with Gasteiger partial charge in [-0.15, -0.1) is 0 Å². The molecule has 112 valence electrons. The summed E-state index contributed by atoms with van der Waals surface area (Å²) < 4.78 is 25.2. The highest BCUT2D eigenvalue weighted by Crippen LogP contribution is 2.18. The van der Waals surface area contributed by atoms with E-state index in [4.69, 9.17) is 5.73 Å². The van der Waals surface area contributed by atoms with Crippen LogP contribution in [0.5, 0.6) is 0 Å². The number of nitrogen functional groups attached to an aromatic ring is 1. The monoisotopic (exact) mass is 299 g/mol. The van der Waals surface area contributed by atoms with Crippen molar-refractivity contribution in [2.75, 3.05) is 29.9 Å². The summed E-state index contributed by atoms with van der Waals surface area (Å²) in [5.74, 6) is -1.13. The number of carbonyl (C=O) groups is 1. The van der Waals surface area contributed by atoms with Crippen LogP contribution in [0.2, 0.25) is 0 Å². The van der Waals surface area contributed by atoms with Crippen molar-refractivity contribution in [2.24, 2.45) is 0 Å². The normalized spacial score (nSPS) is 11.6. The van der Waals surface area contributed by atoms with Crippen LogP contribution < -0.4 is 11.1 Å². The number of sulfonamides is 1. The number of benzene rings is 1. The summed E-state index contributed by atoms with van der Waals surface area (Å²) in [7, 11) is -3.57. The standard InChI is InChI=1S/C13H21N3O3S/c1-4-16(5-2)20(18,19)9-13(17)15-12-8-11(14)7-6-10(12)3/h6-8H,4-5,9,14H2,1-3H3,(H,15,17). The van der Waals surface area contributed by atoms with E-state index in [1.54, 1.807) is 32.0 Å². The lowest BCUT2D eigenvalue weighted by molar-refractivity contribution is -0.113. The van der Waals surface area contributed by atoms with Gasteiger partial charge < -0.3 is 11.1 Å². The zero-order valence-electron chi connectivity index (χ0n) is 12.0. The number of nitrogens with two attached hydrogens (primary N) is 1. The summed E-state index contributed by atoms with van der Waals surface area (Å²) in [5, 5.41) is 2.59. The van der Waals surface area contributed by atoms with Crippen molar-refractivity contribution >= 4 is 27.3 Å². The number of amides is 1. The summed E-state index contributed by atoms with van der Waals surface area (Å²) in [6, 6.07) is 5.10. The summed E-state index contributed by atoms with van der Waals surface area (Å²) in [6.45, 7) is 5.99. The van der Waals surface area contributed by atoms with Crippen LogP contribution in [0.25, 0.3) is 0 Å². The third-order valence-electron chi connectivity index (χ3n) is 2.95. The van der Waals surface area contributed by atoms with Crippen LogP contribution >= 0.6 is 0 Å². The molecule has 6 nitrogen and oxygen atoms in total. The molecule has 0 saturated heterocycles. The first-order valence-electron chi connectivity index (χ1n) is 6.44. The van der Waals surface area contributed by atoms with Crippen LogP contribution in [0.15, 0.2) is 18.2 Å². The first-order valence-corrected chi connectivity index (χ1v) is 8.04. The summed E-state index contributed by atoms with van der Waals surface area (Å²) in [5.41, 5.74) is 7.51. The van der Waals surface area contributed by atoms with E-state index in [-0.39, 0.29) is 0 Å². The Morgan fingerprint density at radius 3 is 2.45 bits per heavy atom. The van der Waals surface area contributed by atoms with Crippen LogP contribution in [0, 0.1) is 6.92 Å². The Morgan fingerprint density at radius 1 is 1.30 bits per heavy atom. The number of aryl methyl sites for hydroxylation is 1. The quantitative estimate of drug-likeness (QED) is 0.772. The number of nitrogens with zero attached hydrogens (tertiary/aromatic N) is 1. The molecular formula is C13H21N3O3S. The molecule has 3 N–H and O–H groups in total. The average Bonchev–Trinajstić information content (AvgIpc) is 2.34. The topological polar surface area (TPSA) is 92.5 Å². The van der Waals surface area contributed by atoms with Crippen molar-refractivity contribution in [3.8, 4) is 0 Å². The Balaban J connectivity index is 2.80. The lowest BCUT2D eigenvalue weighted by Crippen LogP contribution is -2.37. The SMILES string of the molecule is CCN(CC)S(=O)(=O)CC(=O)Nc1cc(N)ccc1C. The Bertz CT molecular complexity index is 581. The minimum Gasteiger partial charge on any atom is -0.399 e. The molecule has 1 amide bonds. The molecule has 0 saturated carbocycles. The maximum Gasteiger partial charge on any atom is 0.241 e. The van der Waals surface area contributed by atoms with Crippen LogP contribution in [-0.2, 0) is 14.8 Å². The Labute approximate surface area is 120 Å². The van der Waals surface area contributed by atoms with Crippen molar-refractivity contribution in [3.05, 3.63) is 23.8 Å². The maximum atomic E-state index is 12.0. The predicted octanol–water partition coefficient (Wildman–Crippen LogP) is 1.19. The van der Waals surface area contributed by atoms with Gasteiger partial charge in [-0.25, -0.2) is 12.7 Å².